The van der Waals surface area contributed by atoms with Crippen LogP contribution in [0.4, 0.5) is 4.79 Å². The lowest BCUT2D eigenvalue weighted by atomic mass is 10.1. The first-order valence-corrected chi connectivity index (χ1v) is 7.81. The number of hydrogen-bond donors (Lipinski definition) is 2. The van der Waals surface area contributed by atoms with Crippen LogP contribution in [0.3, 0.4) is 0 Å². The third-order valence-corrected chi connectivity index (χ3v) is 3.98. The van der Waals surface area contributed by atoms with Crippen LogP contribution in [0.5, 0.6) is 0 Å². The van der Waals surface area contributed by atoms with E-state index in [1.807, 2.05) is 44.3 Å². The quantitative estimate of drug-likeness (QED) is 0.899. The van der Waals surface area contributed by atoms with Crippen molar-refractivity contribution in [1.29, 1.82) is 0 Å². The minimum absolute atomic E-state index is 0.0203. The molecule has 2 heterocycles. The predicted molar refractivity (Wildman–Crippen MR) is 85.7 cm³/mol. The third kappa shape index (κ3) is 3.50. The van der Waals surface area contributed by atoms with Crippen LogP contribution < -0.4 is 10.6 Å². The molecule has 122 valence electrons. The first kappa shape index (κ1) is 15.5. The zero-order valence-electron chi connectivity index (χ0n) is 13.3. The molecule has 2 atom stereocenters. The summed E-state index contributed by atoms with van der Waals surface area (Å²) in [5.74, 6) is 1.18. The van der Waals surface area contributed by atoms with Crippen LogP contribution >= 0.6 is 0 Å². The van der Waals surface area contributed by atoms with Gasteiger partial charge >= 0.3 is 6.03 Å². The third-order valence-electron chi connectivity index (χ3n) is 3.98. The number of carbonyl (C=O) groups excluding carboxylic acids is 1. The Bertz CT molecular complexity index is 658. The Morgan fingerprint density at radius 1 is 1.39 bits per heavy atom. The Balaban J connectivity index is 1.68. The van der Waals surface area contributed by atoms with Crippen molar-refractivity contribution in [1.82, 2.24) is 25.7 Å². The topological polar surface area (TPSA) is 83.3 Å². The van der Waals surface area contributed by atoms with E-state index in [-0.39, 0.29) is 18.1 Å². The molecule has 7 nitrogen and oxygen atoms in total. The van der Waals surface area contributed by atoms with Crippen LogP contribution in [-0.2, 0) is 0 Å². The molecule has 2 aromatic rings. The zero-order valence-corrected chi connectivity index (χ0v) is 13.3. The van der Waals surface area contributed by atoms with Crippen LogP contribution in [0.2, 0.25) is 0 Å². The lowest BCUT2D eigenvalue weighted by Crippen LogP contribution is -2.42. The van der Waals surface area contributed by atoms with Crippen molar-refractivity contribution in [3.8, 4) is 11.4 Å². The fourth-order valence-corrected chi connectivity index (χ4v) is 2.86. The van der Waals surface area contributed by atoms with E-state index in [2.05, 4.69) is 25.7 Å². The highest BCUT2D eigenvalue weighted by atomic mass is 16.5. The minimum atomic E-state index is -0.137. The summed E-state index contributed by atoms with van der Waals surface area (Å²) in [4.78, 5) is 18.3. The van der Waals surface area contributed by atoms with Gasteiger partial charge in [0.05, 0.1) is 6.04 Å². The molecular weight excluding hydrogens is 294 g/mol. The Morgan fingerprint density at radius 2 is 2.17 bits per heavy atom. The van der Waals surface area contributed by atoms with Crippen molar-refractivity contribution in [3.05, 3.63) is 36.2 Å². The number of likely N-dealkylation sites (N-methyl/N-ethyl adjacent to an activating group) is 1. The molecule has 1 aromatic carbocycles. The largest absolute Gasteiger partial charge is 0.338 e. The number of nitrogens with one attached hydrogen (secondary N) is 2. The first-order chi connectivity index (χ1) is 11.2. The molecule has 2 N–H and O–H groups in total. The van der Waals surface area contributed by atoms with Crippen LogP contribution in [0, 0.1) is 0 Å². The molecule has 0 bridgehead atoms. The van der Waals surface area contributed by atoms with Crippen LogP contribution in [0.25, 0.3) is 11.4 Å². The number of amides is 2. The molecule has 0 aliphatic carbocycles. The maximum absolute atomic E-state index is 11.6. The minimum Gasteiger partial charge on any atom is -0.338 e. The van der Waals surface area contributed by atoms with Gasteiger partial charge in [0.25, 0.3) is 0 Å². The van der Waals surface area contributed by atoms with Gasteiger partial charge in [-0.1, -0.05) is 35.5 Å². The summed E-state index contributed by atoms with van der Waals surface area (Å²) in [7, 11) is 2.00. The van der Waals surface area contributed by atoms with Gasteiger partial charge in [-0.3, -0.25) is 4.90 Å². The summed E-state index contributed by atoms with van der Waals surface area (Å²) < 4.78 is 5.44. The molecule has 1 aromatic heterocycles. The van der Waals surface area contributed by atoms with Crippen molar-refractivity contribution >= 4 is 6.03 Å². The maximum Gasteiger partial charge on any atom is 0.315 e. The average Bonchev–Trinajstić information content (AvgIpc) is 3.15. The lowest BCUT2D eigenvalue weighted by molar-refractivity contribution is 0.237. The summed E-state index contributed by atoms with van der Waals surface area (Å²) >= 11 is 0. The second-order valence-electron chi connectivity index (χ2n) is 5.71. The van der Waals surface area contributed by atoms with Gasteiger partial charge < -0.3 is 15.2 Å². The predicted octanol–water partition coefficient (Wildman–Crippen LogP) is 1.80. The average molecular weight is 315 g/mol. The monoisotopic (exact) mass is 315 g/mol. The number of carbonyl (C=O) groups is 1. The van der Waals surface area contributed by atoms with E-state index in [1.54, 1.807) is 0 Å². The summed E-state index contributed by atoms with van der Waals surface area (Å²) in [6.07, 6.45) is 0.754. The molecule has 0 saturated carbocycles. The summed E-state index contributed by atoms with van der Waals surface area (Å²) in [6.45, 7) is 3.26. The SMILES string of the molecule is CCNC(=O)N[C@@H]1C[C@@H](c2nc(-c3ccccc3)no2)N(C)C1. The van der Waals surface area contributed by atoms with Gasteiger partial charge in [-0.05, 0) is 20.4 Å². The van der Waals surface area contributed by atoms with Crippen molar-refractivity contribution in [3.63, 3.8) is 0 Å². The number of hydrogen-bond acceptors (Lipinski definition) is 5. The second kappa shape index (κ2) is 6.78. The number of benzene rings is 1. The number of urea groups is 1. The van der Waals surface area contributed by atoms with Gasteiger partial charge in [-0.2, -0.15) is 4.98 Å². The van der Waals surface area contributed by atoms with Gasteiger partial charge in [-0.25, -0.2) is 4.79 Å². The maximum atomic E-state index is 11.6. The van der Waals surface area contributed by atoms with E-state index in [0.29, 0.717) is 18.3 Å². The molecule has 0 spiro atoms. The number of rotatable bonds is 4. The summed E-state index contributed by atoms with van der Waals surface area (Å²) in [5, 5.41) is 9.78. The van der Waals surface area contributed by atoms with Gasteiger partial charge in [0, 0.05) is 24.7 Å². The number of likely N-dealkylation sites (tertiary alicyclic amines) is 1. The molecule has 2 amide bonds. The number of nitrogens with zero attached hydrogens (tertiary/aromatic N) is 3. The second-order valence-corrected chi connectivity index (χ2v) is 5.71. The smallest absolute Gasteiger partial charge is 0.315 e. The van der Waals surface area contributed by atoms with Gasteiger partial charge in [0.1, 0.15) is 0 Å². The molecule has 7 heteroatoms. The van der Waals surface area contributed by atoms with E-state index in [9.17, 15) is 4.79 Å². The van der Waals surface area contributed by atoms with Gasteiger partial charge in [0.15, 0.2) is 0 Å². The van der Waals surface area contributed by atoms with Crippen LogP contribution in [0.1, 0.15) is 25.3 Å². The van der Waals surface area contributed by atoms with Crippen LogP contribution in [0.15, 0.2) is 34.9 Å². The van der Waals surface area contributed by atoms with Crippen molar-refractivity contribution < 1.29 is 9.32 Å². The Morgan fingerprint density at radius 3 is 2.91 bits per heavy atom. The highest BCUT2D eigenvalue weighted by molar-refractivity contribution is 5.74. The van der Waals surface area contributed by atoms with E-state index in [4.69, 9.17) is 4.52 Å². The van der Waals surface area contributed by atoms with Crippen molar-refractivity contribution in [2.75, 3.05) is 20.1 Å². The molecule has 1 saturated heterocycles. The molecule has 1 aliphatic heterocycles. The molecular formula is C16H21N5O2. The summed E-state index contributed by atoms with van der Waals surface area (Å²) in [5.41, 5.74) is 0.931. The number of aromatic nitrogens is 2. The Hall–Kier alpha value is -2.41. The molecule has 3 rings (SSSR count). The zero-order chi connectivity index (χ0) is 16.2. The van der Waals surface area contributed by atoms with Gasteiger partial charge in [0.2, 0.25) is 11.7 Å². The van der Waals surface area contributed by atoms with Gasteiger partial charge in [-0.15, -0.1) is 0 Å². The van der Waals surface area contributed by atoms with E-state index in [0.717, 1.165) is 18.5 Å². The Kier molecular flexibility index (Phi) is 4.57. The fraction of sp³-hybridized carbons (Fsp3) is 0.438. The highest BCUT2D eigenvalue weighted by Gasteiger charge is 2.35. The molecule has 0 unspecified atom stereocenters. The van der Waals surface area contributed by atoms with Crippen LogP contribution in [-0.4, -0.2) is 47.3 Å². The highest BCUT2D eigenvalue weighted by Crippen LogP contribution is 2.30. The summed E-state index contributed by atoms with van der Waals surface area (Å²) in [6, 6.07) is 9.70. The molecule has 1 aliphatic rings. The van der Waals surface area contributed by atoms with E-state index >= 15 is 0 Å². The van der Waals surface area contributed by atoms with Crippen molar-refractivity contribution in [2.24, 2.45) is 0 Å². The molecule has 23 heavy (non-hydrogen) atoms. The first-order valence-electron chi connectivity index (χ1n) is 7.81. The molecule has 1 fully saturated rings. The normalized spacial score (nSPS) is 21.3. The lowest BCUT2D eigenvalue weighted by Gasteiger charge is -2.14. The molecule has 0 radical (unpaired) electrons. The van der Waals surface area contributed by atoms with Crippen molar-refractivity contribution in [2.45, 2.75) is 25.4 Å². The van der Waals surface area contributed by atoms with E-state index < -0.39 is 0 Å². The standard InChI is InChI=1S/C16H21N5O2/c1-3-17-16(22)18-12-9-13(21(2)10-12)15-19-14(20-23-15)11-7-5-4-6-8-11/h4-8,12-13H,3,9-10H2,1-2H3,(H2,17,18,22)/t12-,13+/m1/s1. The Labute approximate surface area is 135 Å². The fourth-order valence-electron chi connectivity index (χ4n) is 2.86. The van der Waals surface area contributed by atoms with E-state index in [1.165, 1.54) is 0 Å².